The van der Waals surface area contributed by atoms with Crippen LogP contribution in [-0.4, -0.2) is 21.7 Å². The van der Waals surface area contributed by atoms with E-state index in [2.05, 4.69) is 4.98 Å². The fourth-order valence-electron chi connectivity index (χ4n) is 3.59. The smallest absolute Gasteiger partial charge is 0.235 e. The van der Waals surface area contributed by atoms with Crippen molar-refractivity contribution in [1.82, 2.24) is 4.98 Å². The summed E-state index contributed by atoms with van der Waals surface area (Å²) in [4.78, 5) is 32.5. The first-order chi connectivity index (χ1) is 13.6. The van der Waals surface area contributed by atoms with Gasteiger partial charge in [-0.3, -0.25) is 14.6 Å². The summed E-state index contributed by atoms with van der Waals surface area (Å²) in [7, 11) is 0. The van der Waals surface area contributed by atoms with Gasteiger partial charge in [0, 0.05) is 17.3 Å². The Hall–Kier alpha value is -3.93. The molecule has 5 rings (SSSR count). The number of hydrogen-bond donors (Lipinski definition) is 1. The van der Waals surface area contributed by atoms with Crippen molar-refractivity contribution in [1.29, 1.82) is 0 Å². The first-order valence-electron chi connectivity index (χ1n) is 8.74. The normalized spacial score (nSPS) is 15.4. The molecule has 0 radical (unpaired) electrons. The van der Waals surface area contributed by atoms with Crippen molar-refractivity contribution < 1.29 is 19.4 Å². The molecule has 0 unspecified atom stereocenters. The number of nitrogens with zero attached hydrogens (tertiary/aromatic N) is 2. The lowest BCUT2D eigenvalue weighted by Gasteiger charge is -2.28. The fourth-order valence-corrected chi connectivity index (χ4v) is 3.59. The van der Waals surface area contributed by atoms with E-state index in [9.17, 15) is 14.7 Å². The van der Waals surface area contributed by atoms with Gasteiger partial charge in [0.2, 0.25) is 17.3 Å². The molecule has 136 valence electrons. The van der Waals surface area contributed by atoms with E-state index in [0.717, 1.165) is 5.56 Å². The Labute approximate surface area is 160 Å². The molecule has 1 aliphatic heterocycles. The zero-order valence-corrected chi connectivity index (χ0v) is 14.6. The predicted octanol–water partition coefficient (Wildman–Crippen LogP) is 3.48. The van der Waals surface area contributed by atoms with E-state index < -0.39 is 5.78 Å². The van der Waals surface area contributed by atoms with Crippen LogP contribution in [-0.2, 0) is 6.54 Å². The van der Waals surface area contributed by atoms with Crippen LogP contribution in [0.1, 0.15) is 26.3 Å². The summed E-state index contributed by atoms with van der Waals surface area (Å²) in [5, 5.41) is 10.2. The van der Waals surface area contributed by atoms with Crippen LogP contribution >= 0.6 is 0 Å². The molecule has 0 saturated carbocycles. The Kier molecular flexibility index (Phi) is 3.52. The number of phenolic OH excluding ortho intramolecular Hbond substituents is 1. The minimum atomic E-state index is -0.520. The maximum absolute atomic E-state index is 13.4. The lowest BCUT2D eigenvalue weighted by Crippen LogP contribution is -2.34. The number of fused-ring (bicyclic) bond motifs is 2. The summed E-state index contributed by atoms with van der Waals surface area (Å²) in [6.07, 6.45) is 3.27. The number of benzene rings is 2. The Morgan fingerprint density at radius 1 is 0.964 bits per heavy atom. The highest BCUT2D eigenvalue weighted by Crippen LogP contribution is 2.39. The first-order valence-corrected chi connectivity index (χ1v) is 8.74. The van der Waals surface area contributed by atoms with Crippen LogP contribution in [0.4, 0.5) is 5.69 Å². The van der Waals surface area contributed by atoms with Gasteiger partial charge in [-0.25, -0.2) is 0 Å². The van der Waals surface area contributed by atoms with Gasteiger partial charge in [0.05, 0.1) is 24.0 Å². The molecule has 1 N–H and O–H groups in total. The van der Waals surface area contributed by atoms with Crippen molar-refractivity contribution in [3.05, 3.63) is 95.1 Å². The van der Waals surface area contributed by atoms with Crippen LogP contribution in [0.15, 0.2) is 78.4 Å². The van der Waals surface area contributed by atoms with Crippen molar-refractivity contribution in [3.63, 3.8) is 0 Å². The quantitative estimate of drug-likeness (QED) is 0.706. The van der Waals surface area contributed by atoms with E-state index in [1.807, 2.05) is 18.2 Å². The number of carbonyl (C=O) groups excluding carboxylic acids is 2. The summed E-state index contributed by atoms with van der Waals surface area (Å²) in [6.45, 7) is 0.341. The second kappa shape index (κ2) is 6.06. The molecule has 1 aliphatic carbocycles. The van der Waals surface area contributed by atoms with Crippen LogP contribution < -0.4 is 9.64 Å². The lowest BCUT2D eigenvalue weighted by atomic mass is 9.89. The summed E-state index contributed by atoms with van der Waals surface area (Å²) in [5.74, 6) is -0.726. The van der Waals surface area contributed by atoms with E-state index in [0.29, 0.717) is 18.0 Å². The highest BCUT2D eigenvalue weighted by Gasteiger charge is 2.40. The lowest BCUT2D eigenvalue weighted by molar-refractivity contribution is 0.0933. The standard InChI is InChI=1S/C22H14N2O4/c25-16-8-3-7-15-18(16)21(27)22-19(20(15)26)24(14-6-4-10-23-11-14)12-13-5-1-2-9-17(13)28-22/h1-11,25H,12H2. The van der Waals surface area contributed by atoms with Gasteiger partial charge in [0.25, 0.3) is 0 Å². The van der Waals surface area contributed by atoms with Gasteiger partial charge in [-0.2, -0.15) is 0 Å². The van der Waals surface area contributed by atoms with Crippen molar-refractivity contribution in [2.75, 3.05) is 4.90 Å². The average molecular weight is 370 g/mol. The van der Waals surface area contributed by atoms with Crippen molar-refractivity contribution in [2.45, 2.75) is 6.54 Å². The second-order valence-electron chi connectivity index (χ2n) is 6.54. The number of allylic oxidation sites excluding steroid dienone is 2. The molecule has 0 fully saturated rings. The Balaban J connectivity index is 1.78. The van der Waals surface area contributed by atoms with Gasteiger partial charge in [-0.15, -0.1) is 0 Å². The molecule has 2 heterocycles. The average Bonchev–Trinajstić information content (AvgIpc) is 2.90. The molecule has 2 aromatic carbocycles. The highest BCUT2D eigenvalue weighted by molar-refractivity contribution is 6.28. The zero-order valence-electron chi connectivity index (χ0n) is 14.6. The Morgan fingerprint density at radius 3 is 2.64 bits per heavy atom. The van der Waals surface area contributed by atoms with Gasteiger partial charge in [0.1, 0.15) is 17.2 Å². The molecule has 1 aromatic heterocycles. The van der Waals surface area contributed by atoms with Gasteiger partial charge in [-0.1, -0.05) is 24.3 Å². The van der Waals surface area contributed by atoms with Gasteiger partial charge >= 0.3 is 0 Å². The molecule has 0 spiro atoms. The fraction of sp³-hybridized carbons (Fsp3) is 0.0455. The maximum Gasteiger partial charge on any atom is 0.235 e. The minimum absolute atomic E-state index is 0.0308. The molecule has 0 amide bonds. The van der Waals surface area contributed by atoms with Gasteiger partial charge in [-0.05, 0) is 30.3 Å². The van der Waals surface area contributed by atoms with E-state index >= 15 is 0 Å². The molecule has 6 nitrogen and oxygen atoms in total. The van der Waals surface area contributed by atoms with Gasteiger partial charge in [0.15, 0.2) is 0 Å². The summed E-state index contributed by atoms with van der Waals surface area (Å²) in [6, 6.07) is 15.4. The van der Waals surface area contributed by atoms with Crippen molar-refractivity contribution >= 4 is 17.3 Å². The molecule has 28 heavy (non-hydrogen) atoms. The van der Waals surface area contributed by atoms with E-state index in [4.69, 9.17) is 4.74 Å². The van der Waals surface area contributed by atoms with Gasteiger partial charge < -0.3 is 14.7 Å². The number of carbonyl (C=O) groups is 2. The van der Waals surface area contributed by atoms with E-state index in [1.54, 1.807) is 47.6 Å². The van der Waals surface area contributed by atoms with Crippen molar-refractivity contribution in [3.8, 4) is 11.5 Å². The number of phenols is 1. The number of aromatic nitrogens is 1. The second-order valence-corrected chi connectivity index (χ2v) is 6.54. The third-order valence-electron chi connectivity index (χ3n) is 4.89. The summed E-state index contributed by atoms with van der Waals surface area (Å²) < 4.78 is 5.94. The maximum atomic E-state index is 13.4. The highest BCUT2D eigenvalue weighted by atomic mass is 16.5. The molecular weight excluding hydrogens is 356 g/mol. The molecule has 2 aliphatic rings. The van der Waals surface area contributed by atoms with E-state index in [1.165, 1.54) is 6.07 Å². The summed E-state index contributed by atoms with van der Waals surface area (Å²) in [5.41, 5.74) is 1.77. The SMILES string of the molecule is O=C1C2=C(Oc3ccccc3CN2c2cccnc2)C(=O)c2c(O)cccc21. The molecule has 3 aromatic rings. The number of aromatic hydroxyl groups is 1. The molecular formula is C22H14N2O4. The molecule has 0 atom stereocenters. The monoisotopic (exact) mass is 370 g/mol. The third-order valence-corrected chi connectivity index (χ3v) is 4.89. The largest absolute Gasteiger partial charge is 0.507 e. The van der Waals surface area contributed by atoms with Crippen LogP contribution in [0.25, 0.3) is 0 Å². The molecule has 6 heteroatoms. The number of anilines is 1. The number of hydrogen-bond acceptors (Lipinski definition) is 6. The minimum Gasteiger partial charge on any atom is -0.507 e. The topological polar surface area (TPSA) is 79.7 Å². The van der Waals surface area contributed by atoms with Crippen LogP contribution in [0.3, 0.4) is 0 Å². The number of rotatable bonds is 1. The third kappa shape index (κ3) is 2.31. The number of Topliss-reactive ketones (excluding diaryl/α,β-unsaturated/α-hetero) is 2. The summed E-state index contributed by atoms with van der Waals surface area (Å²) >= 11 is 0. The number of para-hydroxylation sites is 1. The first kappa shape index (κ1) is 16.3. The zero-order chi connectivity index (χ0) is 19.3. The predicted molar refractivity (Wildman–Crippen MR) is 101 cm³/mol. The van der Waals surface area contributed by atoms with Crippen LogP contribution in [0, 0.1) is 0 Å². The Bertz CT molecular complexity index is 1170. The number of ether oxygens (including phenoxy) is 1. The molecule has 0 saturated heterocycles. The van der Waals surface area contributed by atoms with E-state index in [-0.39, 0.29) is 34.1 Å². The number of ketones is 2. The molecule has 0 bridgehead atoms. The Morgan fingerprint density at radius 2 is 1.82 bits per heavy atom. The van der Waals surface area contributed by atoms with Crippen LogP contribution in [0.5, 0.6) is 11.5 Å². The van der Waals surface area contributed by atoms with Crippen LogP contribution in [0.2, 0.25) is 0 Å². The number of pyridine rings is 1. The van der Waals surface area contributed by atoms with Crippen molar-refractivity contribution in [2.24, 2.45) is 0 Å².